The monoisotopic (exact) mass is 423 g/mol. The van der Waals surface area contributed by atoms with Crippen LogP contribution in [-0.2, 0) is 4.74 Å². The zero-order chi connectivity index (χ0) is 22.0. The molecule has 1 saturated heterocycles. The highest BCUT2D eigenvalue weighted by Crippen LogP contribution is 2.32. The van der Waals surface area contributed by atoms with Crippen LogP contribution in [0.5, 0.6) is 0 Å². The molecule has 2 unspecified atom stereocenters. The van der Waals surface area contributed by atoms with Crippen molar-refractivity contribution >= 4 is 11.9 Å². The average molecular weight is 423 g/mol. The van der Waals surface area contributed by atoms with Gasteiger partial charge in [-0.2, -0.15) is 15.0 Å². The Labute approximate surface area is 180 Å². The highest BCUT2D eigenvalue weighted by Gasteiger charge is 2.34. The second-order valence-corrected chi connectivity index (χ2v) is 7.60. The van der Waals surface area contributed by atoms with Crippen molar-refractivity contribution in [2.24, 2.45) is 0 Å². The summed E-state index contributed by atoms with van der Waals surface area (Å²) in [5.74, 6) is -0.122. The molecule has 31 heavy (non-hydrogen) atoms. The van der Waals surface area contributed by atoms with E-state index >= 15 is 0 Å². The van der Waals surface area contributed by atoms with Gasteiger partial charge in [0, 0.05) is 12.6 Å². The highest BCUT2D eigenvalue weighted by molar-refractivity contribution is 5.98. The van der Waals surface area contributed by atoms with E-state index in [1.54, 1.807) is 32.3 Å². The molecule has 2 atom stereocenters. The van der Waals surface area contributed by atoms with E-state index in [1.807, 2.05) is 30.0 Å². The van der Waals surface area contributed by atoms with Crippen molar-refractivity contribution in [1.82, 2.24) is 24.9 Å². The minimum Gasteiger partial charge on any atom is -0.460 e. The van der Waals surface area contributed by atoms with Crippen LogP contribution in [0.3, 0.4) is 0 Å². The largest absolute Gasteiger partial charge is 0.460 e. The maximum absolute atomic E-state index is 13.5. The number of amides is 1. The van der Waals surface area contributed by atoms with Crippen molar-refractivity contribution in [3.8, 4) is 5.69 Å². The van der Waals surface area contributed by atoms with Crippen molar-refractivity contribution in [3.05, 3.63) is 59.6 Å². The van der Waals surface area contributed by atoms with Gasteiger partial charge < -0.3 is 14.1 Å². The van der Waals surface area contributed by atoms with Crippen LogP contribution in [0.15, 0.2) is 41.1 Å². The minimum atomic E-state index is -0.517. The summed E-state index contributed by atoms with van der Waals surface area (Å²) in [6, 6.07) is 7.34. The van der Waals surface area contributed by atoms with Gasteiger partial charge in [0.2, 0.25) is 5.76 Å². The molecular formula is C22H25N5O4. The number of aryl methyl sites for hydroxylation is 1. The fraction of sp³-hybridized carbons (Fsp3) is 0.409. The van der Waals surface area contributed by atoms with Crippen molar-refractivity contribution in [3.63, 3.8) is 0 Å². The number of carbonyl (C=O) groups is 2. The number of piperidine rings is 1. The number of likely N-dealkylation sites (tertiary alicyclic amines) is 1. The molecule has 2 aromatic heterocycles. The SMILES string of the molecule is CCOC(=O)c1oc(C2CCC(C)N(C(=O)c3ccccc3-n3nccn3)C2)nc1C. The number of ether oxygens (including phenoxy) is 1. The summed E-state index contributed by atoms with van der Waals surface area (Å²) in [5, 5.41) is 8.33. The molecule has 4 rings (SSSR count). The first kappa shape index (κ1) is 20.8. The third kappa shape index (κ3) is 4.08. The number of hydrogen-bond acceptors (Lipinski definition) is 7. The molecule has 162 valence electrons. The number of nitrogens with zero attached hydrogens (tertiary/aromatic N) is 5. The summed E-state index contributed by atoms with van der Waals surface area (Å²) in [5.41, 5.74) is 1.66. The van der Waals surface area contributed by atoms with Crippen LogP contribution < -0.4 is 0 Å². The van der Waals surface area contributed by atoms with E-state index in [1.165, 1.54) is 4.80 Å². The zero-order valence-corrected chi connectivity index (χ0v) is 17.8. The van der Waals surface area contributed by atoms with E-state index in [2.05, 4.69) is 15.2 Å². The Morgan fingerprint density at radius 1 is 1.19 bits per heavy atom. The van der Waals surface area contributed by atoms with Crippen molar-refractivity contribution in [2.45, 2.75) is 45.6 Å². The van der Waals surface area contributed by atoms with Crippen LogP contribution in [0, 0.1) is 6.92 Å². The summed E-state index contributed by atoms with van der Waals surface area (Å²) in [4.78, 5) is 33.3. The topological polar surface area (TPSA) is 103 Å². The first-order valence-electron chi connectivity index (χ1n) is 10.4. The van der Waals surface area contributed by atoms with Gasteiger partial charge >= 0.3 is 5.97 Å². The molecule has 9 heteroatoms. The number of rotatable bonds is 5. The quantitative estimate of drug-likeness (QED) is 0.581. The van der Waals surface area contributed by atoms with E-state index in [0.29, 0.717) is 29.4 Å². The fourth-order valence-corrected chi connectivity index (χ4v) is 3.89. The third-order valence-corrected chi connectivity index (χ3v) is 5.53. The van der Waals surface area contributed by atoms with Crippen LogP contribution in [0.1, 0.15) is 65.1 Å². The highest BCUT2D eigenvalue weighted by atomic mass is 16.5. The molecule has 1 amide bonds. The molecule has 1 aliphatic heterocycles. The van der Waals surface area contributed by atoms with E-state index in [-0.39, 0.29) is 30.2 Å². The molecule has 0 aliphatic carbocycles. The number of oxazole rings is 1. The third-order valence-electron chi connectivity index (χ3n) is 5.53. The summed E-state index contributed by atoms with van der Waals surface area (Å²) in [6.07, 6.45) is 4.77. The van der Waals surface area contributed by atoms with Crippen LogP contribution in [0.4, 0.5) is 0 Å². The van der Waals surface area contributed by atoms with Crippen LogP contribution in [0.2, 0.25) is 0 Å². The van der Waals surface area contributed by atoms with Gasteiger partial charge in [-0.1, -0.05) is 12.1 Å². The Kier molecular flexibility index (Phi) is 5.83. The normalized spacial score (nSPS) is 18.7. The Hall–Kier alpha value is -3.49. The first-order valence-corrected chi connectivity index (χ1v) is 10.4. The van der Waals surface area contributed by atoms with Gasteiger partial charge in [0.05, 0.1) is 41.9 Å². The molecule has 0 bridgehead atoms. The van der Waals surface area contributed by atoms with Crippen LogP contribution >= 0.6 is 0 Å². The van der Waals surface area contributed by atoms with Gasteiger partial charge in [-0.05, 0) is 45.7 Å². The predicted molar refractivity (Wildman–Crippen MR) is 111 cm³/mol. The maximum atomic E-state index is 13.5. The van der Waals surface area contributed by atoms with Gasteiger partial charge in [-0.25, -0.2) is 9.78 Å². The van der Waals surface area contributed by atoms with Gasteiger partial charge in [-0.3, -0.25) is 4.79 Å². The van der Waals surface area contributed by atoms with E-state index in [4.69, 9.17) is 9.15 Å². The van der Waals surface area contributed by atoms with Gasteiger partial charge in [0.25, 0.3) is 5.91 Å². The van der Waals surface area contributed by atoms with Crippen LogP contribution in [-0.4, -0.2) is 55.9 Å². The lowest BCUT2D eigenvalue weighted by Crippen LogP contribution is -2.45. The summed E-state index contributed by atoms with van der Waals surface area (Å²) in [6.45, 7) is 6.22. The van der Waals surface area contributed by atoms with Crippen molar-refractivity contribution in [2.75, 3.05) is 13.2 Å². The summed E-state index contributed by atoms with van der Waals surface area (Å²) < 4.78 is 10.8. The van der Waals surface area contributed by atoms with Gasteiger partial charge in [0.1, 0.15) is 0 Å². The Morgan fingerprint density at radius 3 is 2.68 bits per heavy atom. The molecule has 0 saturated carbocycles. The molecule has 0 N–H and O–H groups in total. The standard InChI is InChI=1S/C22H25N5O4/c1-4-30-22(29)19-15(3)25-20(31-19)16-10-9-14(2)26(13-16)21(28)17-7-5-6-8-18(17)27-23-11-12-24-27/h5-8,11-12,14,16H,4,9-10,13H2,1-3H3. The predicted octanol–water partition coefficient (Wildman–Crippen LogP) is 3.15. The van der Waals surface area contributed by atoms with E-state index in [0.717, 1.165) is 12.8 Å². The number of aromatic nitrogens is 4. The smallest absolute Gasteiger partial charge is 0.376 e. The minimum absolute atomic E-state index is 0.0583. The number of hydrogen-bond donors (Lipinski definition) is 0. The number of para-hydroxylation sites is 1. The second kappa shape index (κ2) is 8.71. The lowest BCUT2D eigenvalue weighted by molar-refractivity contribution is 0.0477. The van der Waals surface area contributed by atoms with Crippen molar-refractivity contribution in [1.29, 1.82) is 0 Å². The molecular weight excluding hydrogens is 398 g/mol. The molecule has 9 nitrogen and oxygen atoms in total. The van der Waals surface area contributed by atoms with E-state index < -0.39 is 5.97 Å². The summed E-state index contributed by atoms with van der Waals surface area (Å²) in [7, 11) is 0. The van der Waals surface area contributed by atoms with Gasteiger partial charge in [0.15, 0.2) is 5.89 Å². The Bertz CT molecular complexity index is 1080. The Balaban J connectivity index is 1.59. The Morgan fingerprint density at radius 2 is 1.94 bits per heavy atom. The average Bonchev–Trinajstić information content (AvgIpc) is 3.44. The molecule has 1 aromatic carbocycles. The maximum Gasteiger partial charge on any atom is 0.376 e. The van der Waals surface area contributed by atoms with Gasteiger partial charge in [-0.15, -0.1) is 0 Å². The zero-order valence-electron chi connectivity index (χ0n) is 17.8. The molecule has 1 fully saturated rings. The molecule has 3 heterocycles. The lowest BCUT2D eigenvalue weighted by Gasteiger charge is -2.37. The van der Waals surface area contributed by atoms with Crippen molar-refractivity contribution < 1.29 is 18.7 Å². The molecule has 0 radical (unpaired) electrons. The fourth-order valence-electron chi connectivity index (χ4n) is 3.89. The number of benzene rings is 1. The second-order valence-electron chi connectivity index (χ2n) is 7.60. The summed E-state index contributed by atoms with van der Waals surface area (Å²) >= 11 is 0. The molecule has 3 aromatic rings. The number of carbonyl (C=O) groups excluding carboxylic acids is 2. The van der Waals surface area contributed by atoms with E-state index in [9.17, 15) is 9.59 Å². The first-order chi connectivity index (χ1) is 15.0. The lowest BCUT2D eigenvalue weighted by atomic mass is 9.92. The molecule has 0 spiro atoms. The van der Waals surface area contributed by atoms with Crippen LogP contribution in [0.25, 0.3) is 5.69 Å². The number of esters is 1. The molecule has 1 aliphatic rings.